The molecule has 0 spiro atoms. The molecule has 3 aromatic rings. The van der Waals surface area contributed by atoms with Crippen molar-refractivity contribution in [2.45, 2.75) is 43.8 Å². The molecule has 0 bridgehead atoms. The predicted octanol–water partition coefficient (Wildman–Crippen LogP) is 4.45. The van der Waals surface area contributed by atoms with Gasteiger partial charge in [0.05, 0.1) is 18.6 Å². The molecule has 1 fully saturated rings. The molecule has 0 aliphatic carbocycles. The SMILES string of the molecule is COc1ccccc1CN(Cc1cccs1)C(=O)[C@H]1CCCN1S(=O)(=O)c1ccc(C)cc1. The summed E-state index contributed by atoms with van der Waals surface area (Å²) in [6, 6.07) is 17.6. The first kappa shape index (κ1) is 23.5. The maximum absolute atomic E-state index is 13.8. The Hall–Kier alpha value is -2.68. The monoisotopic (exact) mass is 484 g/mol. The van der Waals surface area contributed by atoms with Gasteiger partial charge in [0, 0.05) is 23.5 Å². The third-order valence-electron chi connectivity index (χ3n) is 5.91. The number of methoxy groups -OCH3 is 1. The average molecular weight is 485 g/mol. The van der Waals surface area contributed by atoms with Crippen molar-refractivity contribution in [3.8, 4) is 5.75 Å². The van der Waals surface area contributed by atoms with Crippen LogP contribution in [0.5, 0.6) is 5.75 Å². The number of sulfonamides is 1. The van der Waals surface area contributed by atoms with E-state index >= 15 is 0 Å². The van der Waals surface area contributed by atoms with E-state index in [4.69, 9.17) is 4.74 Å². The molecular formula is C25H28N2O4S2. The van der Waals surface area contributed by atoms with Crippen LogP contribution in [0.3, 0.4) is 0 Å². The highest BCUT2D eigenvalue weighted by molar-refractivity contribution is 7.89. The van der Waals surface area contributed by atoms with Crippen LogP contribution in [-0.4, -0.2) is 43.2 Å². The summed E-state index contributed by atoms with van der Waals surface area (Å²) in [5.74, 6) is 0.527. The van der Waals surface area contributed by atoms with Crippen molar-refractivity contribution >= 4 is 27.3 Å². The van der Waals surface area contributed by atoms with E-state index in [9.17, 15) is 13.2 Å². The summed E-state index contributed by atoms with van der Waals surface area (Å²) in [7, 11) is -2.16. The van der Waals surface area contributed by atoms with Crippen LogP contribution in [0.1, 0.15) is 28.8 Å². The van der Waals surface area contributed by atoms with E-state index in [0.717, 1.165) is 16.0 Å². The maximum Gasteiger partial charge on any atom is 0.243 e. The normalized spacial score (nSPS) is 16.6. The van der Waals surface area contributed by atoms with Crippen LogP contribution in [0.2, 0.25) is 0 Å². The van der Waals surface area contributed by atoms with Crippen molar-refractivity contribution in [2.24, 2.45) is 0 Å². The second-order valence-corrected chi connectivity index (χ2v) is 11.1. The molecule has 8 heteroatoms. The second kappa shape index (κ2) is 10.1. The highest BCUT2D eigenvalue weighted by Crippen LogP contribution is 2.29. The molecule has 6 nitrogen and oxygen atoms in total. The molecule has 2 heterocycles. The van der Waals surface area contributed by atoms with Gasteiger partial charge in [-0.3, -0.25) is 4.79 Å². The minimum atomic E-state index is -3.77. The number of rotatable bonds is 8. The number of hydrogen-bond donors (Lipinski definition) is 0. The Kier molecular flexibility index (Phi) is 7.17. The standard InChI is InChI=1S/C25H28N2O4S2/c1-19-11-13-22(14-12-19)33(29,30)27-15-5-9-23(27)25(28)26(18-21-8-6-16-32-21)17-20-7-3-4-10-24(20)31-2/h3-4,6-8,10-14,16,23H,5,9,15,17-18H2,1-2H3/t23-/m1/s1. The lowest BCUT2D eigenvalue weighted by Gasteiger charge is -2.30. The van der Waals surface area contributed by atoms with Crippen LogP contribution in [0.15, 0.2) is 70.9 Å². The molecule has 33 heavy (non-hydrogen) atoms. The van der Waals surface area contributed by atoms with Crippen LogP contribution < -0.4 is 4.74 Å². The van der Waals surface area contributed by atoms with Crippen molar-refractivity contribution < 1.29 is 17.9 Å². The number of para-hydroxylation sites is 1. The van der Waals surface area contributed by atoms with Gasteiger partial charge >= 0.3 is 0 Å². The number of thiophene rings is 1. The van der Waals surface area contributed by atoms with E-state index in [1.807, 2.05) is 48.7 Å². The molecule has 174 valence electrons. The minimum absolute atomic E-state index is 0.178. The molecular weight excluding hydrogens is 456 g/mol. The lowest BCUT2D eigenvalue weighted by Crippen LogP contribution is -2.47. The maximum atomic E-state index is 13.8. The van der Waals surface area contributed by atoms with E-state index in [2.05, 4.69) is 0 Å². The van der Waals surface area contributed by atoms with Crippen LogP contribution in [0.25, 0.3) is 0 Å². The van der Waals surface area contributed by atoms with E-state index in [1.54, 1.807) is 47.6 Å². The van der Waals surface area contributed by atoms with Crippen molar-refractivity contribution in [1.29, 1.82) is 0 Å². The van der Waals surface area contributed by atoms with Gasteiger partial charge < -0.3 is 9.64 Å². The number of amides is 1. The first-order valence-corrected chi connectivity index (χ1v) is 13.2. The fraction of sp³-hybridized carbons (Fsp3) is 0.320. The average Bonchev–Trinajstić information content (AvgIpc) is 3.51. The van der Waals surface area contributed by atoms with E-state index in [-0.39, 0.29) is 10.8 Å². The number of nitrogens with zero attached hydrogens (tertiary/aromatic N) is 2. The van der Waals surface area contributed by atoms with Gasteiger partial charge in [0.15, 0.2) is 0 Å². The third-order valence-corrected chi connectivity index (χ3v) is 8.69. The number of ether oxygens (including phenoxy) is 1. The third kappa shape index (κ3) is 5.13. The van der Waals surface area contributed by atoms with Gasteiger partial charge in [-0.2, -0.15) is 4.31 Å². The molecule has 0 unspecified atom stereocenters. The molecule has 0 N–H and O–H groups in total. The lowest BCUT2D eigenvalue weighted by molar-refractivity contribution is -0.135. The number of benzene rings is 2. The zero-order valence-electron chi connectivity index (χ0n) is 18.8. The van der Waals surface area contributed by atoms with Crippen LogP contribution in [0.4, 0.5) is 0 Å². The Morgan fingerprint density at radius 3 is 2.55 bits per heavy atom. The van der Waals surface area contributed by atoms with Gasteiger partial charge in [-0.1, -0.05) is 42.0 Å². The van der Waals surface area contributed by atoms with Gasteiger partial charge in [-0.15, -0.1) is 11.3 Å². The highest BCUT2D eigenvalue weighted by atomic mass is 32.2. The summed E-state index contributed by atoms with van der Waals surface area (Å²) in [6.07, 6.45) is 1.17. The predicted molar refractivity (Wildman–Crippen MR) is 130 cm³/mol. The Labute approximate surface area is 199 Å². The molecule has 0 radical (unpaired) electrons. The van der Waals surface area contributed by atoms with E-state index < -0.39 is 16.1 Å². The molecule has 1 aliphatic heterocycles. The second-order valence-electron chi connectivity index (χ2n) is 8.17. The van der Waals surface area contributed by atoms with Gasteiger partial charge in [0.2, 0.25) is 15.9 Å². The highest BCUT2D eigenvalue weighted by Gasteiger charge is 2.41. The van der Waals surface area contributed by atoms with Crippen molar-refractivity contribution in [3.63, 3.8) is 0 Å². The van der Waals surface area contributed by atoms with Gasteiger partial charge in [0.1, 0.15) is 11.8 Å². The summed E-state index contributed by atoms with van der Waals surface area (Å²) < 4.78 is 33.7. The first-order chi connectivity index (χ1) is 15.9. The fourth-order valence-corrected chi connectivity index (χ4v) is 6.54. The summed E-state index contributed by atoms with van der Waals surface area (Å²) in [6.45, 7) is 3.02. The molecule has 1 aromatic heterocycles. The van der Waals surface area contributed by atoms with Crippen LogP contribution in [0, 0.1) is 6.92 Å². The molecule has 1 saturated heterocycles. The molecule has 0 saturated carbocycles. The van der Waals surface area contributed by atoms with E-state index in [1.165, 1.54) is 4.31 Å². The van der Waals surface area contributed by atoms with Crippen molar-refractivity contribution in [1.82, 2.24) is 9.21 Å². The fourth-order valence-electron chi connectivity index (χ4n) is 4.17. The summed E-state index contributed by atoms with van der Waals surface area (Å²) >= 11 is 1.58. The number of carbonyl (C=O) groups excluding carboxylic acids is 1. The first-order valence-electron chi connectivity index (χ1n) is 10.9. The molecule has 1 amide bonds. The number of aryl methyl sites for hydroxylation is 1. The number of hydrogen-bond acceptors (Lipinski definition) is 5. The lowest BCUT2D eigenvalue weighted by atomic mass is 10.1. The van der Waals surface area contributed by atoms with Gasteiger partial charge in [0.25, 0.3) is 0 Å². The smallest absolute Gasteiger partial charge is 0.243 e. The van der Waals surface area contributed by atoms with Crippen molar-refractivity contribution in [3.05, 3.63) is 82.0 Å². The van der Waals surface area contributed by atoms with E-state index in [0.29, 0.717) is 38.2 Å². The Bertz CT molecular complexity index is 1190. The van der Waals surface area contributed by atoms with Crippen LogP contribution in [-0.2, 0) is 27.9 Å². The molecule has 4 rings (SSSR count). The molecule has 2 aromatic carbocycles. The quantitative estimate of drug-likeness (QED) is 0.474. The topological polar surface area (TPSA) is 66.9 Å². The Morgan fingerprint density at radius 1 is 1.09 bits per heavy atom. The Balaban J connectivity index is 1.63. The minimum Gasteiger partial charge on any atom is -0.496 e. The van der Waals surface area contributed by atoms with Crippen LogP contribution >= 0.6 is 11.3 Å². The van der Waals surface area contributed by atoms with Crippen molar-refractivity contribution in [2.75, 3.05) is 13.7 Å². The molecule has 1 aliphatic rings. The summed E-state index contributed by atoms with van der Waals surface area (Å²) in [5, 5.41) is 1.98. The largest absolute Gasteiger partial charge is 0.496 e. The molecule has 1 atom stereocenters. The zero-order valence-corrected chi connectivity index (χ0v) is 20.4. The summed E-state index contributed by atoms with van der Waals surface area (Å²) in [4.78, 5) is 16.8. The number of carbonyl (C=O) groups is 1. The zero-order chi connectivity index (χ0) is 23.4. The summed E-state index contributed by atoms with van der Waals surface area (Å²) in [5.41, 5.74) is 1.87. The van der Waals surface area contributed by atoms with Gasteiger partial charge in [-0.05, 0) is 49.4 Å². The van der Waals surface area contributed by atoms with Gasteiger partial charge in [-0.25, -0.2) is 8.42 Å². The Morgan fingerprint density at radius 2 is 1.85 bits per heavy atom.